The summed E-state index contributed by atoms with van der Waals surface area (Å²) in [4.78, 5) is 29.0. The second-order valence-corrected chi connectivity index (χ2v) is 5.68. The van der Waals surface area contributed by atoms with Crippen molar-refractivity contribution in [2.24, 2.45) is 0 Å². The molecule has 0 radical (unpaired) electrons. The minimum Gasteiger partial charge on any atom is -0.350 e. The third-order valence-corrected chi connectivity index (χ3v) is 3.22. The predicted octanol–water partition coefficient (Wildman–Crippen LogP) is 2.40. The van der Waals surface area contributed by atoms with E-state index in [4.69, 9.17) is 9.57 Å². The molecule has 1 atom stereocenters. The summed E-state index contributed by atoms with van der Waals surface area (Å²) in [6.07, 6.45) is 2.40. The summed E-state index contributed by atoms with van der Waals surface area (Å²) >= 11 is 0. The molecule has 23 heavy (non-hydrogen) atoms. The minimum atomic E-state index is -0.397. The van der Waals surface area contributed by atoms with Crippen LogP contribution in [0.1, 0.15) is 43.5 Å². The third-order valence-electron chi connectivity index (χ3n) is 3.22. The fourth-order valence-corrected chi connectivity index (χ4v) is 2.15. The Morgan fingerprint density at radius 2 is 2.13 bits per heavy atom. The van der Waals surface area contributed by atoms with Gasteiger partial charge in [0.2, 0.25) is 0 Å². The standard InChI is InChI=1S/C16H23N3O4/c1-11(2)17-16(21)18-13-7-5-6-12(10-13)15(20)19-23-14-8-3-4-9-22-14/h5-7,10-11,14H,3-4,8-9H2,1-2H3,(H,19,20)(H2,17,18,21). The average molecular weight is 321 g/mol. The summed E-state index contributed by atoms with van der Waals surface area (Å²) in [6, 6.07) is 6.35. The van der Waals surface area contributed by atoms with Gasteiger partial charge in [-0.15, -0.1) is 0 Å². The van der Waals surface area contributed by atoms with Gasteiger partial charge in [0.15, 0.2) is 6.29 Å². The number of rotatable bonds is 5. The molecular formula is C16H23N3O4. The summed E-state index contributed by atoms with van der Waals surface area (Å²) in [6.45, 7) is 4.38. The third kappa shape index (κ3) is 5.88. The van der Waals surface area contributed by atoms with Crippen LogP contribution in [0.2, 0.25) is 0 Å². The van der Waals surface area contributed by atoms with E-state index in [9.17, 15) is 9.59 Å². The van der Waals surface area contributed by atoms with Crippen LogP contribution >= 0.6 is 0 Å². The van der Waals surface area contributed by atoms with Crippen molar-refractivity contribution >= 4 is 17.6 Å². The highest BCUT2D eigenvalue weighted by atomic mass is 16.8. The molecule has 2 rings (SSSR count). The highest BCUT2D eigenvalue weighted by Gasteiger charge is 2.16. The molecule has 1 saturated heterocycles. The minimum absolute atomic E-state index is 0.0328. The van der Waals surface area contributed by atoms with Crippen molar-refractivity contribution in [2.45, 2.75) is 45.4 Å². The molecule has 0 aliphatic carbocycles. The van der Waals surface area contributed by atoms with E-state index in [2.05, 4.69) is 16.1 Å². The van der Waals surface area contributed by atoms with Crippen molar-refractivity contribution in [1.82, 2.24) is 10.8 Å². The number of hydrogen-bond acceptors (Lipinski definition) is 4. The van der Waals surface area contributed by atoms with Gasteiger partial charge in [0.05, 0.1) is 0 Å². The van der Waals surface area contributed by atoms with Gasteiger partial charge in [0.1, 0.15) is 0 Å². The van der Waals surface area contributed by atoms with Crippen LogP contribution in [0, 0.1) is 0 Å². The predicted molar refractivity (Wildman–Crippen MR) is 85.9 cm³/mol. The van der Waals surface area contributed by atoms with Crippen LogP contribution in [0.25, 0.3) is 0 Å². The lowest BCUT2D eigenvalue weighted by molar-refractivity contribution is -0.186. The molecule has 1 aliphatic heterocycles. The summed E-state index contributed by atoms with van der Waals surface area (Å²) in [5.41, 5.74) is 3.31. The van der Waals surface area contributed by atoms with Crippen molar-refractivity contribution in [1.29, 1.82) is 0 Å². The van der Waals surface area contributed by atoms with Crippen LogP contribution in [0.15, 0.2) is 24.3 Å². The van der Waals surface area contributed by atoms with Crippen LogP contribution in [-0.4, -0.2) is 30.9 Å². The van der Waals surface area contributed by atoms with Crippen LogP contribution in [0.4, 0.5) is 10.5 Å². The van der Waals surface area contributed by atoms with Crippen LogP contribution in [0.3, 0.4) is 0 Å². The molecule has 1 aromatic rings. The first-order valence-electron chi connectivity index (χ1n) is 7.80. The maximum Gasteiger partial charge on any atom is 0.319 e. The Bertz CT molecular complexity index is 542. The first kappa shape index (κ1) is 17.2. The van der Waals surface area contributed by atoms with Gasteiger partial charge in [-0.25, -0.2) is 15.1 Å². The van der Waals surface area contributed by atoms with Gasteiger partial charge in [0, 0.05) is 30.3 Å². The Labute approximate surface area is 135 Å². The molecular weight excluding hydrogens is 298 g/mol. The van der Waals surface area contributed by atoms with Crippen molar-refractivity contribution in [2.75, 3.05) is 11.9 Å². The molecule has 1 aromatic carbocycles. The van der Waals surface area contributed by atoms with Crippen molar-refractivity contribution in [3.8, 4) is 0 Å². The molecule has 0 aromatic heterocycles. The number of urea groups is 1. The van der Waals surface area contributed by atoms with E-state index in [1.165, 1.54) is 0 Å². The average Bonchev–Trinajstić information content (AvgIpc) is 2.53. The highest BCUT2D eigenvalue weighted by molar-refractivity contribution is 5.96. The number of hydroxylamine groups is 1. The summed E-state index contributed by atoms with van der Waals surface area (Å²) in [7, 11) is 0. The van der Waals surface area contributed by atoms with Gasteiger partial charge in [0.25, 0.3) is 5.91 Å². The maximum atomic E-state index is 12.1. The van der Waals surface area contributed by atoms with Gasteiger partial charge >= 0.3 is 6.03 Å². The van der Waals surface area contributed by atoms with Gasteiger partial charge in [-0.3, -0.25) is 4.79 Å². The summed E-state index contributed by atoms with van der Waals surface area (Å²) < 4.78 is 5.38. The molecule has 7 nitrogen and oxygen atoms in total. The van der Waals surface area contributed by atoms with Gasteiger partial charge in [-0.1, -0.05) is 6.07 Å². The number of ether oxygens (including phenoxy) is 1. The van der Waals surface area contributed by atoms with Crippen molar-refractivity contribution in [3.05, 3.63) is 29.8 Å². The van der Waals surface area contributed by atoms with Gasteiger partial charge in [-0.05, 0) is 44.9 Å². The second-order valence-electron chi connectivity index (χ2n) is 5.68. The quantitative estimate of drug-likeness (QED) is 0.727. The lowest BCUT2D eigenvalue weighted by Gasteiger charge is -2.22. The Morgan fingerprint density at radius 1 is 1.30 bits per heavy atom. The summed E-state index contributed by atoms with van der Waals surface area (Å²) in [5.74, 6) is -0.382. The highest BCUT2D eigenvalue weighted by Crippen LogP contribution is 2.14. The number of anilines is 1. The fourth-order valence-electron chi connectivity index (χ4n) is 2.15. The van der Waals surface area contributed by atoms with E-state index in [0.29, 0.717) is 17.9 Å². The number of nitrogens with one attached hydrogen (secondary N) is 3. The van der Waals surface area contributed by atoms with Crippen LogP contribution < -0.4 is 16.1 Å². The molecule has 1 heterocycles. The molecule has 1 aliphatic rings. The van der Waals surface area contributed by atoms with E-state index in [1.54, 1.807) is 24.3 Å². The molecule has 1 fully saturated rings. The molecule has 7 heteroatoms. The zero-order valence-corrected chi connectivity index (χ0v) is 13.4. The van der Waals surface area contributed by atoms with Crippen molar-refractivity contribution in [3.63, 3.8) is 0 Å². The van der Waals surface area contributed by atoms with E-state index in [-0.39, 0.29) is 18.0 Å². The summed E-state index contributed by atoms with van der Waals surface area (Å²) in [5, 5.41) is 5.39. The topological polar surface area (TPSA) is 88.7 Å². The van der Waals surface area contributed by atoms with E-state index in [0.717, 1.165) is 19.3 Å². The molecule has 126 valence electrons. The molecule has 3 amide bonds. The maximum absolute atomic E-state index is 12.1. The van der Waals surface area contributed by atoms with Gasteiger partial charge in [-0.2, -0.15) is 0 Å². The first-order chi connectivity index (χ1) is 11.0. The molecule has 0 spiro atoms. The van der Waals surface area contributed by atoms with Crippen LogP contribution in [0.5, 0.6) is 0 Å². The molecule has 1 unspecified atom stereocenters. The van der Waals surface area contributed by atoms with Gasteiger partial charge < -0.3 is 15.4 Å². The number of hydrogen-bond donors (Lipinski definition) is 3. The zero-order chi connectivity index (χ0) is 16.7. The Hall–Kier alpha value is -2.12. The SMILES string of the molecule is CC(C)NC(=O)Nc1cccc(C(=O)NOC2CCCCO2)c1. The van der Waals surface area contributed by atoms with Crippen molar-refractivity contribution < 1.29 is 19.2 Å². The Balaban J connectivity index is 1.87. The fraction of sp³-hybridized carbons (Fsp3) is 0.500. The Kier molecular flexibility index (Phi) is 6.37. The number of carbonyl (C=O) groups excluding carboxylic acids is 2. The normalized spacial score (nSPS) is 17.6. The first-order valence-corrected chi connectivity index (χ1v) is 7.80. The lowest BCUT2D eigenvalue weighted by atomic mass is 10.2. The molecule has 0 bridgehead atoms. The number of amides is 3. The smallest absolute Gasteiger partial charge is 0.319 e. The zero-order valence-electron chi connectivity index (χ0n) is 13.4. The Morgan fingerprint density at radius 3 is 2.83 bits per heavy atom. The van der Waals surface area contributed by atoms with E-state index >= 15 is 0 Å². The molecule has 3 N–H and O–H groups in total. The monoisotopic (exact) mass is 321 g/mol. The largest absolute Gasteiger partial charge is 0.350 e. The second kappa shape index (κ2) is 8.50. The van der Waals surface area contributed by atoms with E-state index in [1.807, 2.05) is 13.8 Å². The van der Waals surface area contributed by atoms with Crippen LogP contribution in [-0.2, 0) is 9.57 Å². The molecule has 0 saturated carbocycles. The lowest BCUT2D eigenvalue weighted by Crippen LogP contribution is -2.34. The van der Waals surface area contributed by atoms with E-state index < -0.39 is 6.29 Å². The number of benzene rings is 1. The number of carbonyl (C=O) groups is 2.